The second-order valence-corrected chi connectivity index (χ2v) is 8.03. The number of nitrogens with zero attached hydrogens (tertiary/aromatic N) is 1. The minimum atomic E-state index is -0.554. The molecule has 116 valence electrons. The van der Waals surface area contributed by atoms with Gasteiger partial charge in [-0.2, -0.15) is 11.8 Å². The largest absolute Gasteiger partial charge is 0.346 e. The van der Waals surface area contributed by atoms with Crippen LogP contribution in [-0.4, -0.2) is 52.9 Å². The molecule has 0 unspecified atom stereocenters. The topological polar surface area (TPSA) is 75.4 Å². The van der Waals surface area contributed by atoms with Crippen LogP contribution in [0.3, 0.4) is 0 Å². The summed E-state index contributed by atoms with van der Waals surface area (Å²) in [6.45, 7) is 9.73. The predicted octanol–water partition coefficient (Wildman–Crippen LogP) is 0.830. The van der Waals surface area contributed by atoms with E-state index < -0.39 is 6.04 Å². The molecule has 5 nitrogen and oxygen atoms in total. The molecule has 2 amide bonds. The van der Waals surface area contributed by atoms with Crippen molar-refractivity contribution >= 4 is 23.6 Å². The average molecular weight is 301 g/mol. The zero-order chi connectivity index (χ0) is 15.3. The van der Waals surface area contributed by atoms with Crippen molar-refractivity contribution in [2.24, 2.45) is 11.7 Å². The summed E-state index contributed by atoms with van der Waals surface area (Å²) >= 11 is 1.89. The first-order valence-electron chi connectivity index (χ1n) is 7.18. The summed E-state index contributed by atoms with van der Waals surface area (Å²) in [6.07, 6.45) is 0.975. The molecule has 0 aromatic heterocycles. The van der Waals surface area contributed by atoms with Crippen molar-refractivity contribution in [3.8, 4) is 0 Å². The molecule has 6 heteroatoms. The van der Waals surface area contributed by atoms with Gasteiger partial charge in [-0.05, 0) is 12.3 Å². The van der Waals surface area contributed by atoms with E-state index in [4.69, 9.17) is 5.73 Å². The number of thioether (sulfide) groups is 1. The summed E-state index contributed by atoms with van der Waals surface area (Å²) in [5.74, 6) is 0.740. The number of carbonyl (C=O) groups excluding carboxylic acids is 2. The summed E-state index contributed by atoms with van der Waals surface area (Å²) < 4.78 is 0.221. The van der Waals surface area contributed by atoms with E-state index in [1.165, 1.54) is 0 Å². The Balaban J connectivity index is 2.41. The molecule has 20 heavy (non-hydrogen) atoms. The standard InChI is InChI=1S/C14H27N3O2S/c1-10(2)12(15)13(19)16-9-11(18)17-6-5-14(3,4)20-8-7-17/h10,12H,5-9,15H2,1-4H3,(H,16,19)/t12-/m0/s1. The first-order valence-corrected chi connectivity index (χ1v) is 8.16. The highest BCUT2D eigenvalue weighted by Crippen LogP contribution is 2.30. The summed E-state index contributed by atoms with van der Waals surface area (Å²) in [6, 6.07) is -0.554. The number of hydrogen-bond donors (Lipinski definition) is 2. The molecule has 0 spiro atoms. The Morgan fingerprint density at radius 3 is 2.60 bits per heavy atom. The molecule has 0 bridgehead atoms. The van der Waals surface area contributed by atoms with E-state index in [0.717, 1.165) is 25.3 Å². The van der Waals surface area contributed by atoms with E-state index >= 15 is 0 Å². The fourth-order valence-electron chi connectivity index (χ4n) is 1.96. The lowest BCUT2D eigenvalue weighted by molar-refractivity contribution is -0.133. The average Bonchev–Trinajstić information content (AvgIpc) is 2.55. The van der Waals surface area contributed by atoms with Crippen molar-refractivity contribution in [2.75, 3.05) is 25.4 Å². The maximum absolute atomic E-state index is 12.1. The molecular formula is C14H27N3O2S. The molecular weight excluding hydrogens is 274 g/mol. The van der Waals surface area contributed by atoms with E-state index in [1.807, 2.05) is 30.5 Å². The van der Waals surface area contributed by atoms with E-state index in [2.05, 4.69) is 19.2 Å². The van der Waals surface area contributed by atoms with Crippen LogP contribution in [0.1, 0.15) is 34.1 Å². The Kier molecular flexibility index (Phi) is 6.33. The number of nitrogens with two attached hydrogens (primary N) is 1. The van der Waals surface area contributed by atoms with Crippen LogP contribution in [0, 0.1) is 5.92 Å². The summed E-state index contributed by atoms with van der Waals surface area (Å²) in [4.78, 5) is 25.7. The van der Waals surface area contributed by atoms with Crippen LogP contribution in [0.15, 0.2) is 0 Å². The van der Waals surface area contributed by atoms with Gasteiger partial charge in [0.05, 0.1) is 12.6 Å². The minimum absolute atomic E-state index is 0.0207. The molecule has 0 radical (unpaired) electrons. The van der Waals surface area contributed by atoms with Gasteiger partial charge in [0.2, 0.25) is 11.8 Å². The maximum atomic E-state index is 12.1. The van der Waals surface area contributed by atoms with Gasteiger partial charge in [0.15, 0.2) is 0 Å². The van der Waals surface area contributed by atoms with Crippen LogP contribution in [0.25, 0.3) is 0 Å². The van der Waals surface area contributed by atoms with Gasteiger partial charge in [-0.25, -0.2) is 0 Å². The lowest BCUT2D eigenvalue weighted by atomic mass is 10.1. The van der Waals surface area contributed by atoms with Crippen molar-refractivity contribution in [3.05, 3.63) is 0 Å². The van der Waals surface area contributed by atoms with Crippen molar-refractivity contribution in [1.29, 1.82) is 0 Å². The second kappa shape index (κ2) is 7.31. The first-order chi connectivity index (χ1) is 9.23. The van der Waals surface area contributed by atoms with Crippen LogP contribution in [0.5, 0.6) is 0 Å². The van der Waals surface area contributed by atoms with E-state index in [0.29, 0.717) is 0 Å². The van der Waals surface area contributed by atoms with Crippen molar-refractivity contribution in [1.82, 2.24) is 10.2 Å². The number of amides is 2. The van der Waals surface area contributed by atoms with E-state index in [-0.39, 0.29) is 29.0 Å². The summed E-state index contributed by atoms with van der Waals surface area (Å²) in [5, 5.41) is 2.64. The number of rotatable bonds is 4. The lowest BCUT2D eigenvalue weighted by Gasteiger charge is -2.23. The zero-order valence-electron chi connectivity index (χ0n) is 12.9. The molecule has 1 aliphatic heterocycles. The van der Waals surface area contributed by atoms with Crippen LogP contribution in [0.2, 0.25) is 0 Å². The molecule has 1 fully saturated rings. The van der Waals surface area contributed by atoms with Gasteiger partial charge in [-0.3, -0.25) is 9.59 Å². The quantitative estimate of drug-likeness (QED) is 0.806. The lowest BCUT2D eigenvalue weighted by Crippen LogP contribution is -2.48. The number of hydrogen-bond acceptors (Lipinski definition) is 4. The third-order valence-electron chi connectivity index (χ3n) is 3.63. The normalized spacial score (nSPS) is 20.4. The monoisotopic (exact) mass is 301 g/mol. The molecule has 0 aromatic carbocycles. The molecule has 0 aliphatic carbocycles. The van der Waals surface area contributed by atoms with Crippen LogP contribution in [-0.2, 0) is 9.59 Å². The van der Waals surface area contributed by atoms with Gasteiger partial charge in [-0.1, -0.05) is 27.7 Å². The third kappa shape index (κ3) is 5.32. The van der Waals surface area contributed by atoms with Gasteiger partial charge >= 0.3 is 0 Å². The van der Waals surface area contributed by atoms with Gasteiger partial charge in [0, 0.05) is 23.6 Å². The van der Waals surface area contributed by atoms with Crippen LogP contribution >= 0.6 is 11.8 Å². The van der Waals surface area contributed by atoms with Gasteiger partial charge in [0.1, 0.15) is 0 Å². The fourth-order valence-corrected chi connectivity index (χ4v) is 3.06. The molecule has 1 rings (SSSR count). The first kappa shape index (κ1) is 17.3. The van der Waals surface area contributed by atoms with Crippen molar-refractivity contribution in [2.45, 2.75) is 44.9 Å². The molecule has 1 heterocycles. The van der Waals surface area contributed by atoms with E-state index in [9.17, 15) is 9.59 Å². The van der Waals surface area contributed by atoms with Gasteiger partial charge in [0.25, 0.3) is 0 Å². The SMILES string of the molecule is CC(C)[C@H](N)C(=O)NCC(=O)N1CCSC(C)(C)CC1. The Hall–Kier alpha value is -0.750. The number of carbonyl (C=O) groups is 2. The molecule has 3 N–H and O–H groups in total. The Bertz CT molecular complexity index is 358. The molecule has 0 saturated carbocycles. The second-order valence-electron chi connectivity index (χ2n) is 6.23. The minimum Gasteiger partial charge on any atom is -0.346 e. The Labute approximate surface area is 126 Å². The van der Waals surface area contributed by atoms with Crippen molar-refractivity contribution < 1.29 is 9.59 Å². The zero-order valence-corrected chi connectivity index (χ0v) is 13.8. The van der Waals surface area contributed by atoms with Gasteiger partial charge in [-0.15, -0.1) is 0 Å². The molecule has 1 aliphatic rings. The highest BCUT2D eigenvalue weighted by atomic mass is 32.2. The van der Waals surface area contributed by atoms with Crippen molar-refractivity contribution in [3.63, 3.8) is 0 Å². The smallest absolute Gasteiger partial charge is 0.241 e. The summed E-state index contributed by atoms with van der Waals surface area (Å²) in [5.41, 5.74) is 5.74. The maximum Gasteiger partial charge on any atom is 0.241 e. The molecule has 1 atom stereocenters. The fraction of sp³-hybridized carbons (Fsp3) is 0.857. The summed E-state index contributed by atoms with van der Waals surface area (Å²) in [7, 11) is 0. The number of nitrogens with one attached hydrogen (secondary N) is 1. The predicted molar refractivity (Wildman–Crippen MR) is 83.6 cm³/mol. The molecule has 1 saturated heterocycles. The van der Waals surface area contributed by atoms with E-state index in [1.54, 1.807) is 0 Å². The third-order valence-corrected chi connectivity index (χ3v) is 5.00. The van der Waals surface area contributed by atoms with Crippen LogP contribution in [0.4, 0.5) is 0 Å². The highest BCUT2D eigenvalue weighted by Gasteiger charge is 2.26. The highest BCUT2D eigenvalue weighted by molar-refractivity contribution is 8.00. The van der Waals surface area contributed by atoms with Crippen LogP contribution < -0.4 is 11.1 Å². The Morgan fingerprint density at radius 2 is 2.00 bits per heavy atom. The molecule has 0 aromatic rings. The Morgan fingerprint density at radius 1 is 1.35 bits per heavy atom. The van der Waals surface area contributed by atoms with Gasteiger partial charge < -0.3 is 16.0 Å².